The van der Waals surface area contributed by atoms with Crippen LogP contribution >= 0.6 is 0 Å². The Morgan fingerprint density at radius 3 is 2.24 bits per heavy atom. The standard InChI is InChI=1S/C14H18F2O/c1-3-5-6-10(4-2)14(17)11-7-12(15)9-13(16)8-11/h7-10H,3-6H2,1-2H3. The van der Waals surface area contributed by atoms with Gasteiger partial charge in [-0.05, 0) is 25.0 Å². The number of carbonyl (C=O) groups excluding carboxylic acids is 1. The summed E-state index contributed by atoms with van der Waals surface area (Å²) >= 11 is 0. The highest BCUT2D eigenvalue weighted by atomic mass is 19.1. The quantitative estimate of drug-likeness (QED) is 0.675. The second-order valence-electron chi connectivity index (χ2n) is 4.27. The molecule has 94 valence electrons. The maximum absolute atomic E-state index is 13.0. The summed E-state index contributed by atoms with van der Waals surface area (Å²) < 4.78 is 26.0. The van der Waals surface area contributed by atoms with Gasteiger partial charge in [0.1, 0.15) is 11.6 Å². The average molecular weight is 240 g/mol. The van der Waals surface area contributed by atoms with E-state index in [0.29, 0.717) is 6.42 Å². The van der Waals surface area contributed by atoms with Crippen molar-refractivity contribution in [1.82, 2.24) is 0 Å². The van der Waals surface area contributed by atoms with Crippen LogP contribution in [0.5, 0.6) is 0 Å². The lowest BCUT2D eigenvalue weighted by Gasteiger charge is -2.13. The number of benzene rings is 1. The van der Waals surface area contributed by atoms with E-state index in [4.69, 9.17) is 0 Å². The van der Waals surface area contributed by atoms with Crippen LogP contribution in [0.1, 0.15) is 49.9 Å². The lowest BCUT2D eigenvalue weighted by Crippen LogP contribution is -2.14. The second-order valence-corrected chi connectivity index (χ2v) is 4.27. The zero-order valence-corrected chi connectivity index (χ0v) is 10.3. The fraction of sp³-hybridized carbons (Fsp3) is 0.500. The van der Waals surface area contributed by atoms with Gasteiger partial charge in [0.25, 0.3) is 0 Å². The van der Waals surface area contributed by atoms with E-state index in [1.807, 2.05) is 6.92 Å². The Morgan fingerprint density at radius 1 is 1.18 bits per heavy atom. The maximum Gasteiger partial charge on any atom is 0.166 e. The number of Topliss-reactive ketones (excluding diaryl/α,β-unsaturated/α-hetero) is 1. The first-order chi connectivity index (χ1) is 8.08. The maximum atomic E-state index is 13.0. The van der Waals surface area contributed by atoms with Crippen molar-refractivity contribution in [3.05, 3.63) is 35.4 Å². The van der Waals surface area contributed by atoms with E-state index >= 15 is 0 Å². The van der Waals surface area contributed by atoms with Crippen molar-refractivity contribution in [2.24, 2.45) is 5.92 Å². The third-order valence-corrected chi connectivity index (χ3v) is 2.92. The predicted octanol–water partition coefficient (Wildman–Crippen LogP) is 4.36. The number of unbranched alkanes of at least 4 members (excludes halogenated alkanes) is 1. The summed E-state index contributed by atoms with van der Waals surface area (Å²) in [7, 11) is 0. The second kappa shape index (κ2) is 6.48. The van der Waals surface area contributed by atoms with Crippen LogP contribution < -0.4 is 0 Å². The molecule has 0 aliphatic rings. The summed E-state index contributed by atoms with van der Waals surface area (Å²) in [5.41, 5.74) is 0.144. The fourth-order valence-electron chi connectivity index (χ4n) is 1.90. The molecule has 0 aliphatic carbocycles. The lowest BCUT2D eigenvalue weighted by atomic mass is 9.90. The first-order valence-corrected chi connectivity index (χ1v) is 6.08. The molecule has 0 aromatic heterocycles. The third kappa shape index (κ3) is 3.91. The van der Waals surface area contributed by atoms with E-state index in [0.717, 1.165) is 37.5 Å². The van der Waals surface area contributed by atoms with E-state index < -0.39 is 11.6 Å². The molecule has 1 aromatic rings. The largest absolute Gasteiger partial charge is 0.294 e. The highest BCUT2D eigenvalue weighted by Crippen LogP contribution is 2.20. The van der Waals surface area contributed by atoms with Gasteiger partial charge in [-0.2, -0.15) is 0 Å². The Balaban J connectivity index is 2.85. The van der Waals surface area contributed by atoms with Crippen LogP contribution in [-0.4, -0.2) is 5.78 Å². The highest BCUT2D eigenvalue weighted by molar-refractivity contribution is 5.97. The number of carbonyl (C=O) groups is 1. The van der Waals surface area contributed by atoms with Crippen LogP contribution in [0.15, 0.2) is 18.2 Å². The predicted molar refractivity (Wildman–Crippen MR) is 64.0 cm³/mol. The molecule has 0 heterocycles. The number of rotatable bonds is 6. The smallest absolute Gasteiger partial charge is 0.166 e. The molecule has 17 heavy (non-hydrogen) atoms. The molecule has 0 saturated carbocycles. The minimum absolute atomic E-state index is 0.129. The molecule has 1 nitrogen and oxygen atoms in total. The molecule has 0 N–H and O–H groups in total. The first-order valence-electron chi connectivity index (χ1n) is 6.08. The van der Waals surface area contributed by atoms with Crippen molar-refractivity contribution < 1.29 is 13.6 Å². The molecule has 3 heteroatoms. The van der Waals surface area contributed by atoms with Gasteiger partial charge in [0.15, 0.2) is 5.78 Å². The molecule has 0 saturated heterocycles. The van der Waals surface area contributed by atoms with Crippen LogP contribution in [0.3, 0.4) is 0 Å². The highest BCUT2D eigenvalue weighted by Gasteiger charge is 2.18. The van der Waals surface area contributed by atoms with Gasteiger partial charge < -0.3 is 0 Å². The summed E-state index contributed by atoms with van der Waals surface area (Å²) in [6.07, 6.45) is 3.46. The molecular formula is C14H18F2O. The molecular weight excluding hydrogens is 222 g/mol. The summed E-state index contributed by atoms with van der Waals surface area (Å²) in [5, 5.41) is 0. The Bertz CT molecular complexity index is 368. The number of halogens is 2. The first kappa shape index (κ1) is 13.8. The molecule has 0 bridgehead atoms. The summed E-state index contributed by atoms with van der Waals surface area (Å²) in [4.78, 5) is 12.1. The Labute approximate surface area is 101 Å². The van der Waals surface area contributed by atoms with E-state index in [1.54, 1.807) is 0 Å². The topological polar surface area (TPSA) is 17.1 Å². The van der Waals surface area contributed by atoms with Crippen molar-refractivity contribution in [1.29, 1.82) is 0 Å². The van der Waals surface area contributed by atoms with Crippen LogP contribution in [0.4, 0.5) is 8.78 Å². The monoisotopic (exact) mass is 240 g/mol. The van der Waals surface area contributed by atoms with E-state index in [2.05, 4.69) is 6.92 Å². The summed E-state index contributed by atoms with van der Waals surface area (Å²) in [5.74, 6) is -1.67. The van der Waals surface area contributed by atoms with Crippen LogP contribution in [0.25, 0.3) is 0 Å². The zero-order chi connectivity index (χ0) is 12.8. The fourth-order valence-corrected chi connectivity index (χ4v) is 1.90. The van der Waals surface area contributed by atoms with Crippen molar-refractivity contribution in [3.63, 3.8) is 0 Å². The molecule has 0 radical (unpaired) electrons. The third-order valence-electron chi connectivity index (χ3n) is 2.92. The number of hydrogen-bond donors (Lipinski definition) is 0. The van der Waals surface area contributed by atoms with Gasteiger partial charge >= 0.3 is 0 Å². The molecule has 1 atom stereocenters. The number of hydrogen-bond acceptors (Lipinski definition) is 1. The van der Waals surface area contributed by atoms with E-state index in [1.165, 1.54) is 0 Å². The van der Waals surface area contributed by atoms with E-state index in [-0.39, 0.29) is 17.3 Å². The van der Waals surface area contributed by atoms with E-state index in [9.17, 15) is 13.6 Å². The van der Waals surface area contributed by atoms with Gasteiger partial charge in [-0.3, -0.25) is 4.79 Å². The molecule has 0 amide bonds. The minimum atomic E-state index is -0.696. The van der Waals surface area contributed by atoms with Crippen molar-refractivity contribution in [2.45, 2.75) is 39.5 Å². The van der Waals surface area contributed by atoms with Gasteiger partial charge in [-0.25, -0.2) is 8.78 Å². The molecule has 1 unspecified atom stereocenters. The van der Waals surface area contributed by atoms with Gasteiger partial charge in [0, 0.05) is 17.5 Å². The van der Waals surface area contributed by atoms with Crippen molar-refractivity contribution in [3.8, 4) is 0 Å². The molecule has 1 rings (SSSR count). The normalized spacial score (nSPS) is 12.5. The minimum Gasteiger partial charge on any atom is -0.294 e. The zero-order valence-electron chi connectivity index (χ0n) is 10.3. The molecule has 0 fully saturated rings. The van der Waals surface area contributed by atoms with Gasteiger partial charge in [-0.15, -0.1) is 0 Å². The Kier molecular flexibility index (Phi) is 5.26. The van der Waals surface area contributed by atoms with Crippen molar-refractivity contribution >= 4 is 5.78 Å². The number of ketones is 1. The summed E-state index contributed by atoms with van der Waals surface area (Å²) in [6.45, 7) is 3.98. The van der Waals surface area contributed by atoms with Crippen LogP contribution in [0.2, 0.25) is 0 Å². The lowest BCUT2D eigenvalue weighted by molar-refractivity contribution is 0.0907. The van der Waals surface area contributed by atoms with Crippen molar-refractivity contribution in [2.75, 3.05) is 0 Å². The molecule has 0 aliphatic heterocycles. The SMILES string of the molecule is CCCCC(CC)C(=O)c1cc(F)cc(F)c1. The van der Waals surface area contributed by atoms with Gasteiger partial charge in [0.05, 0.1) is 0 Å². The molecule has 0 spiro atoms. The van der Waals surface area contributed by atoms with Crippen LogP contribution in [-0.2, 0) is 0 Å². The molecule has 1 aromatic carbocycles. The Hall–Kier alpha value is -1.25. The average Bonchev–Trinajstić information content (AvgIpc) is 2.28. The van der Waals surface area contributed by atoms with Gasteiger partial charge in [-0.1, -0.05) is 26.7 Å². The summed E-state index contributed by atoms with van der Waals surface area (Å²) in [6, 6.07) is 3.00. The van der Waals surface area contributed by atoms with Gasteiger partial charge in [0.2, 0.25) is 0 Å². The van der Waals surface area contributed by atoms with Crippen LogP contribution in [0, 0.1) is 17.6 Å². The Morgan fingerprint density at radius 2 is 1.76 bits per heavy atom.